The first kappa shape index (κ1) is 29.6. The van der Waals surface area contributed by atoms with E-state index in [1.165, 1.54) is 21.3 Å². The second kappa shape index (κ2) is 10.9. The molecule has 10 nitrogen and oxygen atoms in total. The third-order valence-electron chi connectivity index (χ3n) is 6.85. The first-order chi connectivity index (χ1) is 18.6. The number of hydrogen-bond donors (Lipinski definition) is 3. The van der Waals surface area contributed by atoms with Crippen LogP contribution in [0.25, 0.3) is 10.9 Å². The van der Waals surface area contributed by atoms with Crippen molar-refractivity contribution in [1.82, 2.24) is 13.9 Å². The maximum absolute atomic E-state index is 14.7. The van der Waals surface area contributed by atoms with Crippen LogP contribution in [0.5, 0.6) is 0 Å². The van der Waals surface area contributed by atoms with Crippen LogP contribution in [0.4, 0.5) is 34.6 Å². The lowest BCUT2D eigenvalue weighted by molar-refractivity contribution is -0.192. The lowest BCUT2D eigenvalue weighted by atomic mass is 10.1. The van der Waals surface area contributed by atoms with Crippen LogP contribution in [-0.2, 0) is 22.1 Å². The molecule has 2 atom stereocenters. The molecule has 0 amide bonds. The number of carboxylic acids is 1. The molecule has 0 spiro atoms. The van der Waals surface area contributed by atoms with E-state index in [1.807, 2.05) is 0 Å². The van der Waals surface area contributed by atoms with E-state index in [0.29, 0.717) is 34.6 Å². The molecule has 3 aromatic rings. The number of halogens is 5. The monoisotopic (exact) mass is 605 g/mol. The predicted molar refractivity (Wildman–Crippen MR) is 140 cm³/mol. The Balaban J connectivity index is 0.000000470. The molecule has 1 aliphatic heterocycles. The van der Waals surface area contributed by atoms with Crippen molar-refractivity contribution in [3.63, 3.8) is 0 Å². The minimum Gasteiger partial charge on any atom is -0.475 e. The van der Waals surface area contributed by atoms with Crippen molar-refractivity contribution >= 4 is 55.7 Å². The molecule has 1 aliphatic carbocycles. The molecule has 40 heavy (non-hydrogen) atoms. The fraction of sp³-hybridized carbons (Fsp3) is 0.375. The molecule has 2 unspecified atom stereocenters. The van der Waals surface area contributed by atoms with Gasteiger partial charge in [0, 0.05) is 25.3 Å². The van der Waals surface area contributed by atoms with E-state index in [1.54, 1.807) is 26.1 Å². The topological polar surface area (TPSA) is 134 Å². The zero-order valence-corrected chi connectivity index (χ0v) is 22.7. The Hall–Kier alpha value is -3.43. The number of anilines is 3. The molecule has 0 radical (unpaired) electrons. The molecule has 2 fully saturated rings. The van der Waals surface area contributed by atoms with E-state index in [0.717, 1.165) is 25.3 Å². The number of aromatic nitrogens is 2. The summed E-state index contributed by atoms with van der Waals surface area (Å²) in [5.74, 6) is -3.01. The van der Waals surface area contributed by atoms with Gasteiger partial charge < -0.3 is 15.0 Å². The van der Waals surface area contributed by atoms with Gasteiger partial charge in [-0.15, -0.1) is 0 Å². The van der Waals surface area contributed by atoms with Gasteiger partial charge in [0.05, 0.1) is 33.6 Å². The van der Waals surface area contributed by atoms with Gasteiger partial charge in [0.15, 0.2) is 0 Å². The van der Waals surface area contributed by atoms with Crippen molar-refractivity contribution in [3.05, 3.63) is 57.3 Å². The standard InChI is InChI=1S/C22H23ClFN5O3S.C2HF3O2/c1-12-16(7-8-17-19(12)22(30)28(2)11-25-17)26-21-15(24)5-6-18(20(21)23)27-33(31,32)29-10-13-3-4-14(29)9-13;3-2(4,5)1(6)7/h5-8,11,13-14,26-27H,3-4,9-10H2,1-2H3;(H,6,7). The highest BCUT2D eigenvalue weighted by Crippen LogP contribution is 2.41. The van der Waals surface area contributed by atoms with Gasteiger partial charge in [-0.1, -0.05) is 11.6 Å². The SMILES string of the molecule is Cc1c(Nc2c(F)ccc(NS(=O)(=O)N3CC4CCC3C4)c2Cl)ccc2ncn(C)c(=O)c12.O=C(O)C(F)(F)F. The van der Waals surface area contributed by atoms with Gasteiger partial charge >= 0.3 is 22.4 Å². The largest absolute Gasteiger partial charge is 0.490 e. The molecular formula is C24H24ClF4N5O5S. The summed E-state index contributed by atoms with van der Waals surface area (Å²) in [4.78, 5) is 25.7. The van der Waals surface area contributed by atoms with Crippen LogP contribution in [0.2, 0.25) is 5.02 Å². The average Bonchev–Trinajstić information content (AvgIpc) is 3.51. The number of piperidine rings is 1. The van der Waals surface area contributed by atoms with Crippen LogP contribution in [0.1, 0.15) is 24.8 Å². The number of rotatable bonds is 5. The Kier molecular flexibility index (Phi) is 8.02. The Morgan fingerprint density at radius 3 is 2.40 bits per heavy atom. The number of benzene rings is 2. The summed E-state index contributed by atoms with van der Waals surface area (Å²) in [5.41, 5.74) is 1.34. The number of alkyl halides is 3. The number of carboxylic acid groups (broad SMARTS) is 1. The molecule has 5 rings (SSSR count). The van der Waals surface area contributed by atoms with Gasteiger partial charge in [-0.05, 0) is 61.9 Å². The third kappa shape index (κ3) is 5.86. The first-order valence-corrected chi connectivity index (χ1v) is 13.7. The summed E-state index contributed by atoms with van der Waals surface area (Å²) in [6.45, 7) is 2.22. The quantitative estimate of drug-likeness (QED) is 0.363. The Bertz CT molecular complexity index is 1650. The van der Waals surface area contributed by atoms with Gasteiger partial charge in [0.1, 0.15) is 5.82 Å². The second-order valence-electron chi connectivity index (χ2n) is 9.51. The number of aliphatic carboxylic acids is 1. The van der Waals surface area contributed by atoms with Crippen LogP contribution in [0, 0.1) is 18.7 Å². The fourth-order valence-electron chi connectivity index (χ4n) is 4.84. The van der Waals surface area contributed by atoms with Crippen LogP contribution in [0.3, 0.4) is 0 Å². The van der Waals surface area contributed by atoms with E-state index in [4.69, 9.17) is 21.5 Å². The summed E-state index contributed by atoms with van der Waals surface area (Å²) in [6, 6.07) is 5.80. The Morgan fingerprint density at radius 2 is 1.82 bits per heavy atom. The summed E-state index contributed by atoms with van der Waals surface area (Å²) in [7, 11) is -2.22. The highest BCUT2D eigenvalue weighted by molar-refractivity contribution is 7.90. The zero-order chi connectivity index (χ0) is 29.6. The van der Waals surface area contributed by atoms with Crippen molar-refractivity contribution in [2.45, 2.75) is 38.4 Å². The number of hydrogen-bond acceptors (Lipinski definition) is 6. The Morgan fingerprint density at radius 1 is 1.18 bits per heavy atom. The van der Waals surface area contributed by atoms with Gasteiger partial charge in [-0.3, -0.25) is 9.52 Å². The minimum absolute atomic E-state index is 0.000733. The fourth-order valence-corrected chi connectivity index (χ4v) is 6.70. The highest BCUT2D eigenvalue weighted by Gasteiger charge is 2.44. The molecule has 2 bridgehead atoms. The minimum atomic E-state index is -5.08. The van der Waals surface area contributed by atoms with Crippen LogP contribution >= 0.6 is 11.6 Å². The molecule has 1 saturated carbocycles. The van der Waals surface area contributed by atoms with E-state index in [2.05, 4.69) is 15.0 Å². The molecule has 2 aromatic carbocycles. The average molecular weight is 606 g/mol. The van der Waals surface area contributed by atoms with Crippen molar-refractivity contribution in [2.75, 3.05) is 16.6 Å². The molecule has 1 saturated heterocycles. The third-order valence-corrected chi connectivity index (χ3v) is 8.78. The number of aryl methyl sites for hydroxylation is 2. The van der Waals surface area contributed by atoms with E-state index in [9.17, 15) is 30.8 Å². The van der Waals surface area contributed by atoms with Crippen LogP contribution in [0.15, 0.2) is 35.4 Å². The highest BCUT2D eigenvalue weighted by atomic mass is 35.5. The van der Waals surface area contributed by atoms with Crippen LogP contribution in [-0.4, -0.2) is 52.1 Å². The molecule has 2 heterocycles. The number of fused-ring (bicyclic) bond motifs is 3. The lowest BCUT2D eigenvalue weighted by Gasteiger charge is -2.27. The molecule has 2 aliphatic rings. The van der Waals surface area contributed by atoms with Crippen molar-refractivity contribution in [1.29, 1.82) is 0 Å². The summed E-state index contributed by atoms with van der Waals surface area (Å²) in [6.07, 6.45) is -0.868. The van der Waals surface area contributed by atoms with E-state index >= 15 is 0 Å². The zero-order valence-electron chi connectivity index (χ0n) is 21.1. The summed E-state index contributed by atoms with van der Waals surface area (Å²) >= 11 is 6.46. The first-order valence-electron chi connectivity index (χ1n) is 11.9. The molecular weight excluding hydrogens is 582 g/mol. The van der Waals surface area contributed by atoms with Gasteiger partial charge in [0.25, 0.3) is 5.56 Å². The van der Waals surface area contributed by atoms with E-state index in [-0.39, 0.29) is 28.0 Å². The van der Waals surface area contributed by atoms with Crippen molar-refractivity contribution in [2.24, 2.45) is 13.0 Å². The maximum atomic E-state index is 14.7. The number of carbonyl (C=O) groups is 1. The van der Waals surface area contributed by atoms with Crippen molar-refractivity contribution in [3.8, 4) is 0 Å². The maximum Gasteiger partial charge on any atom is 0.490 e. The summed E-state index contributed by atoms with van der Waals surface area (Å²) < 4.78 is 77.8. The number of nitrogens with zero attached hydrogens (tertiary/aromatic N) is 3. The van der Waals surface area contributed by atoms with Gasteiger partial charge in [-0.2, -0.15) is 25.9 Å². The Labute approximate surface area is 230 Å². The smallest absolute Gasteiger partial charge is 0.475 e. The predicted octanol–water partition coefficient (Wildman–Crippen LogP) is 4.55. The lowest BCUT2D eigenvalue weighted by Crippen LogP contribution is -2.41. The van der Waals surface area contributed by atoms with Crippen molar-refractivity contribution < 1.29 is 35.9 Å². The van der Waals surface area contributed by atoms with Crippen LogP contribution < -0.4 is 15.6 Å². The molecule has 216 valence electrons. The summed E-state index contributed by atoms with van der Waals surface area (Å²) in [5, 5.41) is 10.4. The molecule has 1 aromatic heterocycles. The number of nitrogens with one attached hydrogen (secondary N) is 2. The van der Waals surface area contributed by atoms with Gasteiger partial charge in [-0.25, -0.2) is 14.2 Å². The van der Waals surface area contributed by atoms with Gasteiger partial charge in [0.2, 0.25) is 0 Å². The second-order valence-corrected chi connectivity index (χ2v) is 11.5. The normalized spacial score (nSPS) is 18.9. The molecule has 16 heteroatoms. The molecule has 3 N–H and O–H groups in total. The van der Waals surface area contributed by atoms with E-state index < -0.39 is 28.2 Å².